The molecule has 6 heteroatoms. The molecule has 1 saturated heterocycles. The van der Waals surface area contributed by atoms with Crippen molar-refractivity contribution in [3.63, 3.8) is 0 Å². The summed E-state index contributed by atoms with van der Waals surface area (Å²) in [4.78, 5) is 0. The van der Waals surface area contributed by atoms with Gasteiger partial charge in [-0.25, -0.2) is 0 Å². The van der Waals surface area contributed by atoms with Crippen LogP contribution in [0.5, 0.6) is 0 Å². The molecule has 0 N–H and O–H groups in total. The Morgan fingerprint density at radius 2 is 1.85 bits per heavy atom. The first kappa shape index (κ1) is 12.5. The van der Waals surface area contributed by atoms with Crippen LogP contribution in [-0.2, 0) is 8.49 Å². The Morgan fingerprint density at radius 3 is 2.62 bits per heavy atom. The molecule has 1 rings (SSSR count). The third kappa shape index (κ3) is 5.14. The van der Waals surface area contributed by atoms with Crippen molar-refractivity contribution < 1.29 is 8.49 Å². The maximum absolute atomic E-state index is 5.62. The SMILES string of the molecule is SO[PH]1(S)OCCCCCCCS1. The number of hydrogen-bond donors (Lipinski definition) is 2. The van der Waals surface area contributed by atoms with Crippen LogP contribution in [0.4, 0.5) is 0 Å². The summed E-state index contributed by atoms with van der Waals surface area (Å²) in [7, 11) is 0. The van der Waals surface area contributed by atoms with Crippen molar-refractivity contribution >= 4 is 42.7 Å². The first-order valence-corrected chi connectivity index (χ1v) is 9.78. The first-order chi connectivity index (χ1) is 6.27. The molecule has 0 radical (unpaired) electrons. The maximum atomic E-state index is 5.62. The third-order valence-electron chi connectivity index (χ3n) is 1.97. The van der Waals surface area contributed by atoms with Crippen LogP contribution in [-0.4, -0.2) is 12.4 Å². The van der Waals surface area contributed by atoms with Gasteiger partial charge >= 0.3 is 95.6 Å². The summed E-state index contributed by atoms with van der Waals surface area (Å²) in [5.41, 5.74) is 0. The minimum atomic E-state index is -2.27. The Morgan fingerprint density at radius 1 is 1.15 bits per heavy atom. The molecule has 13 heavy (non-hydrogen) atoms. The van der Waals surface area contributed by atoms with Crippen LogP contribution >= 0.6 is 42.7 Å². The van der Waals surface area contributed by atoms with Gasteiger partial charge in [-0.3, -0.25) is 0 Å². The fourth-order valence-corrected chi connectivity index (χ4v) is 6.02. The van der Waals surface area contributed by atoms with Crippen LogP contribution in [0, 0.1) is 0 Å². The monoisotopic (exact) mass is 260 g/mol. The molecular weight excluding hydrogens is 243 g/mol. The molecule has 80 valence electrons. The number of rotatable bonds is 1. The van der Waals surface area contributed by atoms with Crippen molar-refractivity contribution in [1.29, 1.82) is 0 Å². The summed E-state index contributed by atoms with van der Waals surface area (Å²) in [6.07, 6.45) is 3.99. The fraction of sp³-hybridized carbons (Fsp3) is 1.00. The molecule has 2 nitrogen and oxygen atoms in total. The van der Waals surface area contributed by atoms with Crippen LogP contribution in [0.2, 0.25) is 0 Å². The van der Waals surface area contributed by atoms with Gasteiger partial charge in [0.1, 0.15) is 0 Å². The van der Waals surface area contributed by atoms with Crippen LogP contribution in [0.25, 0.3) is 0 Å². The van der Waals surface area contributed by atoms with Crippen molar-refractivity contribution in [3.05, 3.63) is 0 Å². The minimum absolute atomic E-state index is 0.767. The van der Waals surface area contributed by atoms with E-state index in [1.165, 1.54) is 25.7 Å². The zero-order valence-corrected chi connectivity index (χ0v) is 11.2. The summed E-state index contributed by atoms with van der Waals surface area (Å²) < 4.78 is 10.7. The molecular formula is C7H17O2PS3. The van der Waals surface area contributed by atoms with Gasteiger partial charge in [0.05, 0.1) is 0 Å². The van der Waals surface area contributed by atoms with E-state index in [0.717, 1.165) is 18.8 Å². The molecule has 0 aromatic carbocycles. The summed E-state index contributed by atoms with van der Waals surface area (Å²) in [6, 6.07) is 0. The van der Waals surface area contributed by atoms with Crippen molar-refractivity contribution in [2.24, 2.45) is 0 Å². The Bertz CT molecular complexity index is 138. The average molecular weight is 260 g/mol. The summed E-state index contributed by atoms with van der Waals surface area (Å²) >= 11 is 9.97. The van der Waals surface area contributed by atoms with Crippen LogP contribution < -0.4 is 0 Å². The van der Waals surface area contributed by atoms with Gasteiger partial charge in [0.15, 0.2) is 0 Å². The van der Waals surface area contributed by atoms with Gasteiger partial charge in [0.2, 0.25) is 0 Å². The molecule has 0 unspecified atom stereocenters. The van der Waals surface area contributed by atoms with Gasteiger partial charge in [-0.15, -0.1) is 0 Å². The zero-order valence-electron chi connectivity index (χ0n) is 7.57. The standard InChI is InChI=1S/C7H17O2PS3/c11-9-10(12)8-6-4-2-1-3-5-7-13-10/h10-12H,1-7H2. The molecule has 0 aliphatic carbocycles. The normalized spacial score (nSPS) is 27.8. The summed E-state index contributed by atoms with van der Waals surface area (Å²) in [6.45, 7) is 0.767. The van der Waals surface area contributed by atoms with E-state index < -0.39 is 6.12 Å². The van der Waals surface area contributed by atoms with E-state index in [1.807, 2.05) is 0 Å². The summed E-state index contributed by atoms with van der Waals surface area (Å²) in [5.74, 6) is 1.08. The van der Waals surface area contributed by atoms with E-state index in [-0.39, 0.29) is 0 Å². The second-order valence-corrected chi connectivity index (χ2v) is 11.0. The Labute approximate surface area is 95.5 Å². The topological polar surface area (TPSA) is 18.5 Å². The molecule has 1 aliphatic heterocycles. The molecule has 0 spiro atoms. The average Bonchev–Trinajstić information content (AvgIpc) is 2.16. The van der Waals surface area contributed by atoms with Crippen molar-refractivity contribution in [1.82, 2.24) is 0 Å². The van der Waals surface area contributed by atoms with Crippen molar-refractivity contribution in [3.8, 4) is 0 Å². The molecule has 0 atom stereocenters. The van der Waals surface area contributed by atoms with E-state index in [1.54, 1.807) is 11.4 Å². The van der Waals surface area contributed by atoms with E-state index in [9.17, 15) is 0 Å². The van der Waals surface area contributed by atoms with Crippen LogP contribution in [0.1, 0.15) is 32.1 Å². The Kier molecular flexibility index (Phi) is 6.53. The molecule has 1 aliphatic rings. The van der Waals surface area contributed by atoms with Gasteiger partial charge in [-0.2, -0.15) is 0 Å². The number of hydrogen-bond acceptors (Lipinski definition) is 5. The third-order valence-corrected chi connectivity index (χ3v) is 9.34. The molecule has 0 amide bonds. The van der Waals surface area contributed by atoms with Crippen molar-refractivity contribution in [2.75, 3.05) is 12.4 Å². The summed E-state index contributed by atoms with van der Waals surface area (Å²) in [5, 5.41) is 0. The fourth-order valence-electron chi connectivity index (χ4n) is 1.23. The molecule has 0 aromatic heterocycles. The second kappa shape index (κ2) is 6.81. The van der Waals surface area contributed by atoms with E-state index in [0.29, 0.717) is 0 Å². The molecule has 0 saturated carbocycles. The van der Waals surface area contributed by atoms with Gasteiger partial charge in [0.25, 0.3) is 0 Å². The van der Waals surface area contributed by atoms with Gasteiger partial charge in [0, 0.05) is 0 Å². The van der Waals surface area contributed by atoms with Gasteiger partial charge in [-0.1, -0.05) is 0 Å². The van der Waals surface area contributed by atoms with Crippen molar-refractivity contribution in [2.45, 2.75) is 32.1 Å². The molecule has 1 heterocycles. The molecule has 0 bridgehead atoms. The predicted octanol–water partition coefficient (Wildman–Crippen LogP) is 3.90. The number of thiol groups is 2. The van der Waals surface area contributed by atoms with E-state index in [2.05, 4.69) is 25.2 Å². The first-order valence-electron chi connectivity index (χ1n) is 4.60. The Balaban J connectivity index is 2.34. The Hall–Kier alpha value is 1.40. The zero-order chi connectivity index (χ0) is 9.57. The predicted molar refractivity (Wildman–Crippen MR) is 68.9 cm³/mol. The van der Waals surface area contributed by atoms with E-state index in [4.69, 9.17) is 8.49 Å². The van der Waals surface area contributed by atoms with Crippen LogP contribution in [0.15, 0.2) is 0 Å². The molecule has 0 aromatic rings. The molecule has 1 fully saturated rings. The van der Waals surface area contributed by atoms with Crippen LogP contribution in [0.3, 0.4) is 0 Å². The second-order valence-electron chi connectivity index (χ2n) is 3.08. The van der Waals surface area contributed by atoms with E-state index >= 15 is 0 Å². The van der Waals surface area contributed by atoms with Gasteiger partial charge in [-0.05, 0) is 0 Å². The quantitative estimate of drug-likeness (QED) is 0.423. The van der Waals surface area contributed by atoms with Gasteiger partial charge < -0.3 is 0 Å².